The molecular weight excluding hydrogens is 622 g/mol. The molecule has 1 heterocycles. The van der Waals surface area contributed by atoms with Crippen LogP contribution in [0.5, 0.6) is 5.75 Å². The van der Waals surface area contributed by atoms with E-state index >= 15 is 0 Å². The summed E-state index contributed by atoms with van der Waals surface area (Å²) >= 11 is -1.77. The Kier molecular flexibility index (Phi) is 11.5. The number of hydrogen-bond donors (Lipinski definition) is 0. The second kappa shape index (κ2) is 14.0. The van der Waals surface area contributed by atoms with Gasteiger partial charge in [0.05, 0.1) is 0 Å². The molecule has 1 fully saturated rings. The molecule has 5 heteroatoms. The summed E-state index contributed by atoms with van der Waals surface area (Å²) in [6.07, 6.45) is 3.44. The molecule has 2 nitrogen and oxygen atoms in total. The van der Waals surface area contributed by atoms with Gasteiger partial charge in [-0.25, -0.2) is 6.54 Å². The Hall–Kier alpha value is -1.67. The van der Waals surface area contributed by atoms with Crippen LogP contribution in [-0.4, -0.2) is 16.3 Å². The van der Waals surface area contributed by atoms with Crippen LogP contribution in [0.2, 0.25) is 0 Å². The van der Waals surface area contributed by atoms with Crippen molar-refractivity contribution in [3.05, 3.63) is 101 Å². The van der Waals surface area contributed by atoms with Crippen LogP contribution in [0.4, 0.5) is 5.69 Å². The summed E-state index contributed by atoms with van der Waals surface area (Å²) < 4.78 is 7.51. The molecule has 3 aromatic rings. The molecule has 3 aromatic carbocycles. The van der Waals surface area contributed by atoms with Gasteiger partial charge in [-0.3, -0.25) is 0 Å². The maximum absolute atomic E-state index is 5.82. The molecule has 1 saturated heterocycles. The van der Waals surface area contributed by atoms with Gasteiger partial charge in [-0.1, -0.05) is 73.9 Å². The van der Waals surface area contributed by atoms with E-state index in [-0.39, 0.29) is 17.1 Å². The van der Waals surface area contributed by atoms with Crippen LogP contribution in [-0.2, 0) is 31.8 Å². The molecule has 1 aliphatic rings. The molecule has 1 unspecified atom stereocenters. The molecule has 40 heavy (non-hydrogen) atoms. The molecule has 0 bridgehead atoms. The summed E-state index contributed by atoms with van der Waals surface area (Å²) in [6.45, 7) is 22.6. The van der Waals surface area contributed by atoms with Crippen LogP contribution < -0.4 is 9.64 Å². The van der Waals surface area contributed by atoms with E-state index in [9.17, 15) is 0 Å². The third kappa shape index (κ3) is 8.21. The number of nitrogens with zero attached hydrogens (tertiary/aromatic N) is 1. The minimum absolute atomic E-state index is 0.0617. The van der Waals surface area contributed by atoms with Crippen molar-refractivity contribution in [2.45, 2.75) is 98.6 Å². The van der Waals surface area contributed by atoms with Crippen molar-refractivity contribution in [1.82, 2.24) is 0 Å². The molecule has 1 aliphatic heterocycles. The fourth-order valence-corrected chi connectivity index (χ4v) is 7.68. The minimum Gasteiger partial charge on any atom is -0.517 e. The van der Waals surface area contributed by atoms with E-state index in [1.54, 1.807) is 0 Å². The van der Waals surface area contributed by atoms with Crippen molar-refractivity contribution in [3.8, 4) is 5.75 Å². The summed E-state index contributed by atoms with van der Waals surface area (Å²) in [6, 6.07) is 21.6. The van der Waals surface area contributed by atoms with Gasteiger partial charge in [0.1, 0.15) is 0 Å². The largest absolute Gasteiger partial charge is 0.517 e. The number of para-hydroxylation sites is 2. The number of halogens is 2. The number of hydrogen-bond acceptors (Lipinski definition) is 2. The third-order valence-electron chi connectivity index (χ3n) is 7.42. The van der Waals surface area contributed by atoms with E-state index in [1.165, 1.54) is 33.5 Å². The van der Waals surface area contributed by atoms with E-state index < -0.39 is 13.5 Å². The summed E-state index contributed by atoms with van der Waals surface area (Å²) in [5, 5.41) is 0. The fourth-order valence-electron chi connectivity index (χ4n) is 5.87. The molecule has 4 rings (SSSR count). The normalized spacial score (nSPS) is 18.3. The van der Waals surface area contributed by atoms with Gasteiger partial charge < -0.3 is 4.90 Å². The summed E-state index contributed by atoms with van der Waals surface area (Å²) in [5.41, 5.74) is 9.66. The Labute approximate surface area is 256 Å². The Balaban J connectivity index is 0.000000267. The predicted molar refractivity (Wildman–Crippen MR) is 173 cm³/mol. The predicted octanol–water partition coefficient (Wildman–Crippen LogP) is 10.1. The molecule has 0 aromatic heterocycles. The van der Waals surface area contributed by atoms with E-state index in [1.807, 2.05) is 42.7 Å². The standard InChI is InChI=1S/C25H34N.C10H12O.2ClH.Ru/c1-8-20-11-10-12-21(9-2)23(20)26-17-25(7,16-24(26,5)6)22-14-18(3)13-19(4)15-22;1-8(2)11-10-7-5-4-6-9(10)3;;;/h10-15,17H,8-9,16H2,1-7H3;3-8H,1-2H3;2*1H;/q-1;;;;+2/p-2. The number of rotatable bonds is 7. The molecule has 0 amide bonds. The van der Waals surface area contributed by atoms with Gasteiger partial charge in [-0.2, -0.15) is 0 Å². The second-order valence-electron chi connectivity index (χ2n) is 11.9. The van der Waals surface area contributed by atoms with Gasteiger partial charge >= 0.3 is 97.8 Å². The van der Waals surface area contributed by atoms with Crippen molar-refractivity contribution in [2.75, 3.05) is 4.90 Å². The zero-order valence-corrected chi connectivity index (χ0v) is 28.8. The first-order chi connectivity index (χ1) is 18.8. The Bertz CT molecular complexity index is 1290. The first-order valence-electron chi connectivity index (χ1n) is 14.2. The third-order valence-corrected chi connectivity index (χ3v) is 9.25. The summed E-state index contributed by atoms with van der Waals surface area (Å²) in [7, 11) is 11.6. The van der Waals surface area contributed by atoms with Crippen LogP contribution in [0, 0.1) is 20.4 Å². The van der Waals surface area contributed by atoms with Crippen molar-refractivity contribution >= 4 is 29.7 Å². The molecule has 220 valence electrons. The van der Waals surface area contributed by atoms with Crippen LogP contribution in [0.15, 0.2) is 60.7 Å². The molecule has 0 spiro atoms. The fraction of sp³-hybridized carbons (Fsp3) is 0.429. The molecule has 0 saturated carbocycles. The van der Waals surface area contributed by atoms with Crippen LogP contribution in [0.25, 0.3) is 0 Å². The summed E-state index contributed by atoms with van der Waals surface area (Å²) in [5.74, 6) is 0.850. The Morgan fingerprint density at radius 1 is 0.925 bits per heavy atom. The maximum atomic E-state index is 5.82. The number of anilines is 1. The molecule has 1 atom stereocenters. The van der Waals surface area contributed by atoms with Crippen molar-refractivity contribution in [3.63, 3.8) is 0 Å². The van der Waals surface area contributed by atoms with Gasteiger partial charge in [-0.05, 0) is 58.1 Å². The van der Waals surface area contributed by atoms with Gasteiger partial charge in [0.15, 0.2) is 0 Å². The maximum Gasteiger partial charge on any atom is 0.0140 e. The zero-order valence-electron chi connectivity index (χ0n) is 25.6. The van der Waals surface area contributed by atoms with Crippen LogP contribution >= 0.6 is 19.4 Å². The molecule has 0 N–H and O–H groups in total. The van der Waals surface area contributed by atoms with Crippen molar-refractivity contribution < 1.29 is 18.3 Å². The van der Waals surface area contributed by atoms with Crippen LogP contribution in [0.1, 0.15) is 88.3 Å². The number of benzene rings is 3. The minimum atomic E-state index is -1.77. The van der Waals surface area contributed by atoms with E-state index in [0.717, 1.165) is 30.6 Å². The number of aryl methyl sites for hydroxylation is 4. The second-order valence-corrected chi connectivity index (χ2v) is 17.7. The first-order valence-corrected chi connectivity index (χ1v) is 19.7. The van der Waals surface area contributed by atoms with Gasteiger partial charge in [0, 0.05) is 11.2 Å². The average Bonchev–Trinajstić information content (AvgIpc) is 3.13. The average molecular weight is 669 g/mol. The quantitative estimate of drug-likeness (QED) is 0.184. The molecular formula is C35H46Cl2NORu-. The zero-order chi connectivity index (χ0) is 29.7. The SMILES string of the molecule is CC(C)Oc1ccccc1[CH]=[Ru]([Cl])[Cl].CCc1cccc(CC)c1N1[CH-]C(C)(c2cc(C)cc(C)c2)CC1(C)C. The Morgan fingerprint density at radius 2 is 1.50 bits per heavy atom. The summed E-state index contributed by atoms with van der Waals surface area (Å²) in [4.78, 5) is 2.59. The molecule has 0 radical (unpaired) electrons. The van der Waals surface area contributed by atoms with Crippen molar-refractivity contribution in [1.29, 1.82) is 0 Å². The first kappa shape index (κ1) is 32.8. The van der Waals surface area contributed by atoms with Crippen molar-refractivity contribution in [2.24, 2.45) is 0 Å². The topological polar surface area (TPSA) is 12.5 Å². The van der Waals surface area contributed by atoms with E-state index in [0.29, 0.717) is 0 Å². The molecule has 0 aliphatic carbocycles. The van der Waals surface area contributed by atoms with Crippen LogP contribution in [0.3, 0.4) is 0 Å². The van der Waals surface area contributed by atoms with E-state index in [2.05, 4.69) is 96.3 Å². The van der Waals surface area contributed by atoms with E-state index in [4.69, 9.17) is 24.1 Å². The van der Waals surface area contributed by atoms with Gasteiger partial charge in [0.25, 0.3) is 0 Å². The Morgan fingerprint density at radius 3 is 2.02 bits per heavy atom. The monoisotopic (exact) mass is 668 g/mol. The smallest absolute Gasteiger partial charge is 0.0140 e. The van der Waals surface area contributed by atoms with Gasteiger partial charge in [0.2, 0.25) is 0 Å². The van der Waals surface area contributed by atoms with Gasteiger partial charge in [-0.15, -0.1) is 5.41 Å². The number of ether oxygens (including phenoxy) is 1.